The first-order valence-corrected chi connectivity index (χ1v) is 14.7. The molecular formula is C32H48O6. The zero-order chi connectivity index (χ0) is 27.6. The van der Waals surface area contributed by atoms with Gasteiger partial charge in [-0.15, -0.1) is 0 Å². The summed E-state index contributed by atoms with van der Waals surface area (Å²) in [5, 5.41) is 30.4. The summed E-state index contributed by atoms with van der Waals surface area (Å²) in [6.07, 6.45) is 10.2. The SMILES string of the molecule is C=C1/C(=C\C=C2/CCC[C@]3(C)[C@@H]([C@H](C)C[C@H]4OC(=O)C(=C)[C@H]4CC)CC[C@@H]23)C[C@@H](O)[C@H](OCCCO)[C@@H]1O. The molecule has 4 rings (SSSR count). The monoisotopic (exact) mass is 528 g/mol. The van der Waals surface area contributed by atoms with Gasteiger partial charge in [-0.25, -0.2) is 4.79 Å². The Labute approximate surface area is 228 Å². The van der Waals surface area contributed by atoms with E-state index in [1.807, 2.05) is 0 Å². The van der Waals surface area contributed by atoms with Gasteiger partial charge in [0.05, 0.1) is 6.10 Å². The van der Waals surface area contributed by atoms with Gasteiger partial charge >= 0.3 is 5.97 Å². The molecule has 9 atom stereocenters. The lowest BCUT2D eigenvalue weighted by molar-refractivity contribution is -0.140. The van der Waals surface area contributed by atoms with Crippen molar-refractivity contribution in [3.8, 4) is 0 Å². The first-order chi connectivity index (χ1) is 18.1. The molecule has 1 heterocycles. The highest BCUT2D eigenvalue weighted by atomic mass is 16.6. The number of carbonyl (C=O) groups excluding carboxylic acids is 1. The molecule has 3 aliphatic carbocycles. The van der Waals surface area contributed by atoms with E-state index in [1.165, 1.54) is 24.8 Å². The lowest BCUT2D eigenvalue weighted by Crippen LogP contribution is -2.45. The predicted molar refractivity (Wildman–Crippen MR) is 148 cm³/mol. The van der Waals surface area contributed by atoms with E-state index in [2.05, 4.69) is 46.1 Å². The molecule has 0 spiro atoms. The van der Waals surface area contributed by atoms with Crippen LogP contribution >= 0.6 is 0 Å². The van der Waals surface area contributed by atoms with E-state index in [0.29, 0.717) is 48.3 Å². The van der Waals surface area contributed by atoms with Gasteiger partial charge in [0.1, 0.15) is 18.3 Å². The van der Waals surface area contributed by atoms with Gasteiger partial charge in [-0.3, -0.25) is 0 Å². The fourth-order valence-electron chi connectivity index (χ4n) is 8.08. The van der Waals surface area contributed by atoms with Crippen molar-refractivity contribution in [1.29, 1.82) is 0 Å². The van der Waals surface area contributed by atoms with Crippen LogP contribution in [0.3, 0.4) is 0 Å². The second-order valence-electron chi connectivity index (χ2n) is 12.4. The summed E-state index contributed by atoms with van der Waals surface area (Å²) >= 11 is 0. The Morgan fingerprint density at radius 2 is 1.97 bits per heavy atom. The van der Waals surface area contributed by atoms with Crippen molar-refractivity contribution < 1.29 is 29.6 Å². The smallest absolute Gasteiger partial charge is 0.334 e. The van der Waals surface area contributed by atoms with Crippen molar-refractivity contribution in [1.82, 2.24) is 0 Å². The van der Waals surface area contributed by atoms with Crippen molar-refractivity contribution in [2.24, 2.45) is 29.1 Å². The van der Waals surface area contributed by atoms with Crippen LogP contribution in [0.2, 0.25) is 0 Å². The highest BCUT2D eigenvalue weighted by Gasteiger charge is 2.51. The molecule has 4 aliphatic rings. The summed E-state index contributed by atoms with van der Waals surface area (Å²) < 4.78 is 11.4. The van der Waals surface area contributed by atoms with E-state index in [-0.39, 0.29) is 30.0 Å². The molecule has 0 aromatic rings. The highest BCUT2D eigenvalue weighted by molar-refractivity contribution is 5.90. The average molecular weight is 529 g/mol. The van der Waals surface area contributed by atoms with Crippen LogP contribution in [0.5, 0.6) is 0 Å². The molecular weight excluding hydrogens is 480 g/mol. The number of fused-ring (bicyclic) bond motifs is 1. The van der Waals surface area contributed by atoms with E-state index in [1.54, 1.807) is 0 Å². The molecule has 0 aromatic heterocycles. The molecule has 4 fully saturated rings. The molecule has 0 radical (unpaired) electrons. The third-order valence-corrected chi connectivity index (χ3v) is 10.2. The Hall–Kier alpha value is -1.73. The van der Waals surface area contributed by atoms with Crippen LogP contribution in [-0.4, -0.2) is 58.9 Å². The summed E-state index contributed by atoms with van der Waals surface area (Å²) in [5.41, 5.74) is 3.81. The van der Waals surface area contributed by atoms with Gasteiger partial charge in [0.2, 0.25) is 0 Å². The molecule has 1 aliphatic heterocycles. The standard InChI is InChI=1S/C32H48O6/c1-6-24-21(4)31(36)38-28(24)17-19(2)25-12-13-26-22(9-7-14-32(25,26)5)10-11-23-18-27(34)30(29(35)20(23)3)37-16-8-15-33/h10-11,19,24-30,33-35H,3-4,6-9,12-18H2,1-2,5H3/b22-10+,23-11-/t19-,24-,25-,26+,27-,28-,29-,30+,32-/m1/s1. The van der Waals surface area contributed by atoms with Crippen LogP contribution < -0.4 is 0 Å². The van der Waals surface area contributed by atoms with E-state index in [9.17, 15) is 15.0 Å². The largest absolute Gasteiger partial charge is 0.458 e. The number of aliphatic hydroxyl groups is 3. The maximum absolute atomic E-state index is 12.1. The Kier molecular flexibility index (Phi) is 9.39. The predicted octanol–water partition coefficient (Wildman–Crippen LogP) is 5.04. The number of hydrogen-bond donors (Lipinski definition) is 3. The molecule has 6 nitrogen and oxygen atoms in total. The number of rotatable bonds is 9. The molecule has 3 N–H and O–H groups in total. The first kappa shape index (κ1) is 29.3. The maximum Gasteiger partial charge on any atom is 0.334 e. The van der Waals surface area contributed by atoms with E-state index >= 15 is 0 Å². The zero-order valence-corrected chi connectivity index (χ0v) is 23.5. The van der Waals surface area contributed by atoms with Gasteiger partial charge in [-0.1, -0.05) is 51.7 Å². The van der Waals surface area contributed by atoms with Crippen LogP contribution in [0.25, 0.3) is 0 Å². The van der Waals surface area contributed by atoms with Gasteiger partial charge < -0.3 is 24.8 Å². The third-order valence-electron chi connectivity index (χ3n) is 10.2. The van der Waals surface area contributed by atoms with Gasteiger partial charge in [0, 0.05) is 31.1 Å². The van der Waals surface area contributed by atoms with Gasteiger partial charge in [-0.05, 0) is 85.7 Å². The molecule has 0 unspecified atom stereocenters. The maximum atomic E-state index is 12.1. The minimum Gasteiger partial charge on any atom is -0.458 e. The third kappa shape index (κ3) is 5.60. The topological polar surface area (TPSA) is 96.2 Å². The summed E-state index contributed by atoms with van der Waals surface area (Å²) in [7, 11) is 0. The van der Waals surface area contributed by atoms with E-state index < -0.39 is 18.3 Å². The minimum absolute atomic E-state index is 0.0152. The fourth-order valence-corrected chi connectivity index (χ4v) is 8.08. The van der Waals surface area contributed by atoms with Gasteiger partial charge in [-0.2, -0.15) is 0 Å². The van der Waals surface area contributed by atoms with Crippen molar-refractivity contribution in [2.45, 2.75) is 103 Å². The summed E-state index contributed by atoms with van der Waals surface area (Å²) in [6.45, 7) is 15.3. The minimum atomic E-state index is -0.955. The Bertz CT molecular complexity index is 965. The normalized spacial score (nSPS) is 40.6. The Balaban J connectivity index is 1.45. The molecule has 0 bridgehead atoms. The fraction of sp³-hybridized carbons (Fsp3) is 0.719. The molecule has 3 saturated carbocycles. The molecule has 1 saturated heterocycles. The second-order valence-corrected chi connectivity index (χ2v) is 12.4. The van der Waals surface area contributed by atoms with Gasteiger partial charge in [0.25, 0.3) is 0 Å². The van der Waals surface area contributed by atoms with Crippen LogP contribution in [0.1, 0.15) is 78.6 Å². The summed E-state index contributed by atoms with van der Waals surface area (Å²) in [6, 6.07) is 0. The number of allylic oxidation sites excluding steroid dienone is 3. The number of aliphatic hydroxyl groups excluding tert-OH is 3. The lowest BCUT2D eigenvalue weighted by Gasteiger charge is -2.45. The molecule has 38 heavy (non-hydrogen) atoms. The van der Waals surface area contributed by atoms with E-state index in [4.69, 9.17) is 14.6 Å². The number of carbonyl (C=O) groups is 1. The van der Waals surface area contributed by atoms with Crippen LogP contribution in [0.15, 0.2) is 47.6 Å². The number of esters is 1. The van der Waals surface area contributed by atoms with Crippen molar-refractivity contribution >= 4 is 5.97 Å². The summed E-state index contributed by atoms with van der Waals surface area (Å²) in [4.78, 5) is 12.1. The number of ether oxygens (including phenoxy) is 2. The number of cyclic esters (lactones) is 1. The van der Waals surface area contributed by atoms with Crippen molar-refractivity contribution in [3.63, 3.8) is 0 Å². The Morgan fingerprint density at radius 1 is 1.21 bits per heavy atom. The first-order valence-electron chi connectivity index (χ1n) is 14.7. The quantitative estimate of drug-likeness (QED) is 0.220. The van der Waals surface area contributed by atoms with Crippen LogP contribution in [-0.2, 0) is 14.3 Å². The zero-order valence-electron chi connectivity index (χ0n) is 23.5. The second kappa shape index (κ2) is 12.2. The lowest BCUT2D eigenvalue weighted by atomic mass is 9.60. The molecule has 0 amide bonds. The van der Waals surface area contributed by atoms with Crippen molar-refractivity contribution in [3.05, 3.63) is 47.6 Å². The Morgan fingerprint density at radius 3 is 2.68 bits per heavy atom. The molecule has 6 heteroatoms. The van der Waals surface area contributed by atoms with E-state index in [0.717, 1.165) is 31.3 Å². The van der Waals surface area contributed by atoms with Crippen molar-refractivity contribution in [2.75, 3.05) is 13.2 Å². The molecule has 212 valence electrons. The van der Waals surface area contributed by atoms with Crippen LogP contribution in [0, 0.1) is 29.1 Å². The summed E-state index contributed by atoms with van der Waals surface area (Å²) in [5.74, 6) is 1.48. The highest BCUT2D eigenvalue weighted by Crippen LogP contribution is 2.60. The van der Waals surface area contributed by atoms with Crippen LogP contribution in [0.4, 0.5) is 0 Å². The van der Waals surface area contributed by atoms with Gasteiger partial charge in [0.15, 0.2) is 0 Å². The molecule has 0 aromatic carbocycles. The number of hydrogen-bond acceptors (Lipinski definition) is 6. The average Bonchev–Trinajstić information content (AvgIpc) is 3.37.